The Morgan fingerprint density at radius 1 is 1.07 bits per heavy atom. The minimum Gasteiger partial charge on any atom is -0.474 e. The first-order valence-corrected chi connectivity index (χ1v) is 11.1. The molecule has 4 aliphatic carbocycles. The molecule has 0 unspecified atom stereocenters. The van der Waals surface area contributed by atoms with Gasteiger partial charge in [-0.1, -0.05) is 6.07 Å². The summed E-state index contributed by atoms with van der Waals surface area (Å²) in [5.74, 6) is 3.56. The molecular weight excluding hydrogens is 352 g/mol. The van der Waals surface area contributed by atoms with Gasteiger partial charge in [0, 0.05) is 25.1 Å². The highest BCUT2D eigenvalue weighted by molar-refractivity contribution is 5.84. The van der Waals surface area contributed by atoms with E-state index in [1.165, 1.54) is 19.3 Å². The van der Waals surface area contributed by atoms with Crippen LogP contribution in [-0.4, -0.2) is 47.2 Å². The SMILES string of the molecule is O=C(N1CC2(C[C@@H](Oc3ccccn3)CCO2)C1)C12CC3CC(CC(C3)C1)C2. The van der Waals surface area contributed by atoms with Gasteiger partial charge in [0.15, 0.2) is 0 Å². The lowest BCUT2D eigenvalue weighted by Crippen LogP contribution is -2.70. The van der Waals surface area contributed by atoms with Crippen molar-refractivity contribution in [1.82, 2.24) is 9.88 Å². The number of carbonyl (C=O) groups excluding carboxylic acids is 1. The van der Waals surface area contributed by atoms with E-state index >= 15 is 0 Å². The van der Waals surface area contributed by atoms with E-state index in [0.717, 1.165) is 62.9 Å². The van der Waals surface area contributed by atoms with Gasteiger partial charge in [-0.25, -0.2) is 4.98 Å². The van der Waals surface area contributed by atoms with Crippen molar-refractivity contribution in [3.63, 3.8) is 0 Å². The molecule has 3 heterocycles. The maximum absolute atomic E-state index is 13.5. The van der Waals surface area contributed by atoms with Gasteiger partial charge in [0.25, 0.3) is 0 Å². The summed E-state index contributed by atoms with van der Waals surface area (Å²) in [5.41, 5.74) is -0.232. The predicted molar refractivity (Wildman–Crippen MR) is 104 cm³/mol. The highest BCUT2D eigenvalue weighted by atomic mass is 16.5. The predicted octanol–water partition coefficient (Wildman–Crippen LogP) is 3.44. The Morgan fingerprint density at radius 3 is 2.43 bits per heavy atom. The molecule has 5 heteroatoms. The fourth-order valence-electron chi connectivity index (χ4n) is 7.39. The molecule has 1 aromatic heterocycles. The van der Waals surface area contributed by atoms with E-state index in [1.807, 2.05) is 18.2 Å². The zero-order valence-corrected chi connectivity index (χ0v) is 16.5. The van der Waals surface area contributed by atoms with E-state index < -0.39 is 0 Å². The Labute approximate surface area is 166 Å². The fraction of sp³-hybridized carbons (Fsp3) is 0.739. The first-order chi connectivity index (χ1) is 13.6. The summed E-state index contributed by atoms with van der Waals surface area (Å²) < 4.78 is 12.3. The van der Waals surface area contributed by atoms with Gasteiger partial charge >= 0.3 is 0 Å². The van der Waals surface area contributed by atoms with E-state index in [9.17, 15) is 4.79 Å². The molecule has 0 radical (unpaired) electrons. The van der Waals surface area contributed by atoms with Crippen molar-refractivity contribution in [3.8, 4) is 5.88 Å². The van der Waals surface area contributed by atoms with Crippen LogP contribution in [0.5, 0.6) is 5.88 Å². The number of aromatic nitrogens is 1. The molecule has 2 aliphatic heterocycles. The molecule has 1 spiro atoms. The number of hydrogen-bond acceptors (Lipinski definition) is 4. The van der Waals surface area contributed by atoms with Crippen molar-refractivity contribution in [2.45, 2.75) is 63.1 Å². The fourth-order valence-corrected chi connectivity index (χ4v) is 7.39. The van der Waals surface area contributed by atoms with E-state index in [1.54, 1.807) is 6.20 Å². The van der Waals surface area contributed by atoms with Crippen LogP contribution in [0.1, 0.15) is 51.4 Å². The third-order valence-corrected chi connectivity index (χ3v) is 8.11. The summed E-state index contributed by atoms with van der Waals surface area (Å²) in [5, 5.41) is 0. The first kappa shape index (κ1) is 17.3. The molecule has 150 valence electrons. The van der Waals surface area contributed by atoms with Gasteiger partial charge in [-0.2, -0.15) is 0 Å². The smallest absolute Gasteiger partial charge is 0.229 e. The van der Waals surface area contributed by atoms with Gasteiger partial charge in [-0.15, -0.1) is 0 Å². The van der Waals surface area contributed by atoms with Gasteiger partial charge in [-0.3, -0.25) is 4.79 Å². The van der Waals surface area contributed by atoms with Gasteiger partial charge in [0.2, 0.25) is 11.8 Å². The third-order valence-electron chi connectivity index (χ3n) is 8.11. The minimum atomic E-state index is -0.199. The van der Waals surface area contributed by atoms with Crippen LogP contribution in [0.3, 0.4) is 0 Å². The van der Waals surface area contributed by atoms with Crippen LogP contribution in [0.4, 0.5) is 0 Å². The van der Waals surface area contributed by atoms with Gasteiger partial charge in [-0.05, 0) is 62.3 Å². The van der Waals surface area contributed by atoms with Crippen LogP contribution in [-0.2, 0) is 9.53 Å². The molecule has 2 saturated heterocycles. The summed E-state index contributed by atoms with van der Waals surface area (Å²) in [6, 6.07) is 5.76. The maximum atomic E-state index is 13.5. The molecule has 0 N–H and O–H groups in total. The number of ether oxygens (including phenoxy) is 2. The lowest BCUT2D eigenvalue weighted by molar-refractivity contribution is -0.205. The Kier molecular flexibility index (Phi) is 3.81. The average Bonchev–Trinajstić information content (AvgIpc) is 2.65. The average molecular weight is 383 g/mol. The van der Waals surface area contributed by atoms with Crippen LogP contribution in [0.15, 0.2) is 24.4 Å². The maximum Gasteiger partial charge on any atom is 0.229 e. The van der Waals surface area contributed by atoms with Gasteiger partial charge in [0.05, 0.1) is 25.1 Å². The molecule has 28 heavy (non-hydrogen) atoms. The first-order valence-electron chi connectivity index (χ1n) is 11.1. The Morgan fingerprint density at radius 2 is 1.79 bits per heavy atom. The van der Waals surface area contributed by atoms with E-state index in [0.29, 0.717) is 18.4 Å². The second-order valence-electron chi connectivity index (χ2n) is 10.3. The summed E-state index contributed by atoms with van der Waals surface area (Å²) in [4.78, 5) is 19.9. The minimum absolute atomic E-state index is 0.0329. The molecule has 0 aromatic carbocycles. The molecule has 1 amide bonds. The Bertz CT molecular complexity index is 723. The standard InChI is InChI=1S/C23H30N2O3/c26-21(22-10-16-7-17(11-22)9-18(8-16)12-22)25-14-23(15-25)13-19(4-6-27-23)28-20-3-1-2-5-24-20/h1-3,5,16-19H,4,6-15H2/t16?,17?,18?,19-,22?/m0/s1. The number of likely N-dealkylation sites (tertiary alicyclic amines) is 1. The molecule has 7 rings (SSSR count). The lowest BCUT2D eigenvalue weighted by atomic mass is 9.49. The van der Waals surface area contributed by atoms with Gasteiger partial charge < -0.3 is 14.4 Å². The van der Waals surface area contributed by atoms with Crippen molar-refractivity contribution in [2.24, 2.45) is 23.2 Å². The molecule has 1 aromatic rings. The van der Waals surface area contributed by atoms with E-state index in [4.69, 9.17) is 9.47 Å². The van der Waals surface area contributed by atoms with Crippen LogP contribution in [0, 0.1) is 23.2 Å². The summed E-state index contributed by atoms with van der Waals surface area (Å²) >= 11 is 0. The third kappa shape index (κ3) is 2.77. The summed E-state index contributed by atoms with van der Waals surface area (Å²) in [7, 11) is 0. The number of amides is 1. The summed E-state index contributed by atoms with van der Waals surface area (Å²) in [6.45, 7) is 2.20. The normalized spacial score (nSPS) is 40.4. The Balaban J connectivity index is 1.11. The van der Waals surface area contributed by atoms with Crippen molar-refractivity contribution >= 4 is 5.91 Å². The molecule has 6 fully saturated rings. The second-order valence-corrected chi connectivity index (χ2v) is 10.3. The lowest BCUT2D eigenvalue weighted by Gasteiger charge is -2.60. The number of pyridine rings is 1. The Hall–Kier alpha value is -1.62. The monoisotopic (exact) mass is 382 g/mol. The van der Waals surface area contributed by atoms with Crippen molar-refractivity contribution in [2.75, 3.05) is 19.7 Å². The summed E-state index contributed by atoms with van der Waals surface area (Å²) in [6.07, 6.45) is 11.2. The zero-order valence-electron chi connectivity index (χ0n) is 16.5. The van der Waals surface area contributed by atoms with E-state index in [-0.39, 0.29) is 17.1 Å². The van der Waals surface area contributed by atoms with Crippen molar-refractivity contribution in [1.29, 1.82) is 0 Å². The molecule has 5 nitrogen and oxygen atoms in total. The molecule has 4 saturated carbocycles. The number of rotatable bonds is 3. The molecular formula is C23H30N2O3. The number of carbonyl (C=O) groups is 1. The molecule has 1 atom stereocenters. The van der Waals surface area contributed by atoms with Crippen LogP contribution in [0.2, 0.25) is 0 Å². The quantitative estimate of drug-likeness (QED) is 0.804. The number of nitrogens with zero attached hydrogens (tertiary/aromatic N) is 2. The van der Waals surface area contributed by atoms with Crippen LogP contribution >= 0.6 is 0 Å². The zero-order chi connectivity index (χ0) is 18.8. The van der Waals surface area contributed by atoms with Gasteiger partial charge in [0.1, 0.15) is 11.7 Å². The largest absolute Gasteiger partial charge is 0.474 e. The van der Waals surface area contributed by atoms with Crippen molar-refractivity contribution in [3.05, 3.63) is 24.4 Å². The van der Waals surface area contributed by atoms with Crippen LogP contribution in [0.25, 0.3) is 0 Å². The van der Waals surface area contributed by atoms with E-state index in [2.05, 4.69) is 9.88 Å². The number of hydrogen-bond donors (Lipinski definition) is 0. The molecule has 4 bridgehead atoms. The highest BCUT2D eigenvalue weighted by Gasteiger charge is 2.59. The topological polar surface area (TPSA) is 51.7 Å². The highest BCUT2D eigenvalue weighted by Crippen LogP contribution is 2.61. The second kappa shape index (κ2) is 6.19. The van der Waals surface area contributed by atoms with Crippen molar-refractivity contribution < 1.29 is 14.3 Å². The molecule has 6 aliphatic rings. The van der Waals surface area contributed by atoms with Crippen LogP contribution < -0.4 is 4.74 Å².